The predicted molar refractivity (Wildman–Crippen MR) is 111 cm³/mol. The fourth-order valence-electron chi connectivity index (χ4n) is 3.12. The molecule has 0 aromatic heterocycles. The van der Waals surface area contributed by atoms with Crippen LogP contribution in [0.2, 0.25) is 0 Å². The molecule has 1 radical (unpaired) electrons. The van der Waals surface area contributed by atoms with Gasteiger partial charge < -0.3 is 9.47 Å². The lowest BCUT2D eigenvalue weighted by Gasteiger charge is -2.17. The quantitative estimate of drug-likeness (QED) is 0.154. The fraction of sp³-hybridized carbons (Fsp3) is 0.957. The zero-order valence-corrected chi connectivity index (χ0v) is 17.5. The monoisotopic (exact) mass is 355 g/mol. The van der Waals surface area contributed by atoms with E-state index in [0.717, 1.165) is 26.1 Å². The molecule has 0 aliphatic heterocycles. The maximum absolute atomic E-state index is 5.82. The number of ether oxygens (including phenoxy) is 2. The average molecular weight is 356 g/mol. The topological polar surface area (TPSA) is 18.5 Å². The van der Waals surface area contributed by atoms with Crippen LogP contribution in [0.15, 0.2) is 0 Å². The maximum Gasteiger partial charge on any atom is 0.157 e. The predicted octanol–water partition coefficient (Wildman–Crippen LogP) is 7.85. The summed E-state index contributed by atoms with van der Waals surface area (Å²) in [5.41, 5.74) is 0. The third-order valence-electron chi connectivity index (χ3n) is 4.84. The first kappa shape index (κ1) is 24.9. The Kier molecular flexibility index (Phi) is 21.9. The van der Waals surface area contributed by atoms with Crippen LogP contribution in [0.5, 0.6) is 0 Å². The molecular weight excluding hydrogens is 308 g/mol. The second kappa shape index (κ2) is 22.0. The Bertz CT molecular complexity index is 208. The van der Waals surface area contributed by atoms with Gasteiger partial charge in [-0.1, -0.05) is 104 Å². The van der Waals surface area contributed by atoms with Crippen molar-refractivity contribution in [3.63, 3.8) is 0 Å². The molecular formula is C23H47O2. The van der Waals surface area contributed by atoms with Crippen LogP contribution in [0.1, 0.15) is 123 Å². The summed E-state index contributed by atoms with van der Waals surface area (Å²) in [4.78, 5) is 0. The van der Waals surface area contributed by atoms with E-state index in [0.29, 0.717) is 6.42 Å². The van der Waals surface area contributed by atoms with Gasteiger partial charge in [0.15, 0.2) is 6.29 Å². The summed E-state index contributed by atoms with van der Waals surface area (Å²) in [6, 6.07) is 0. The van der Waals surface area contributed by atoms with Gasteiger partial charge in [0.25, 0.3) is 0 Å². The Morgan fingerprint density at radius 3 is 1.16 bits per heavy atom. The highest BCUT2D eigenvalue weighted by molar-refractivity contribution is 4.51. The molecule has 0 aliphatic rings. The molecule has 0 spiro atoms. The van der Waals surface area contributed by atoms with E-state index in [9.17, 15) is 0 Å². The molecule has 0 bridgehead atoms. The van der Waals surface area contributed by atoms with Crippen molar-refractivity contribution in [3.05, 3.63) is 6.92 Å². The van der Waals surface area contributed by atoms with Gasteiger partial charge in [-0.3, -0.25) is 0 Å². The molecule has 0 atom stereocenters. The summed E-state index contributed by atoms with van der Waals surface area (Å²) >= 11 is 0. The lowest BCUT2D eigenvalue weighted by atomic mass is 10.1. The van der Waals surface area contributed by atoms with Crippen LogP contribution in [0.3, 0.4) is 0 Å². The first-order chi connectivity index (χ1) is 12.3. The van der Waals surface area contributed by atoms with E-state index in [4.69, 9.17) is 9.47 Å². The lowest BCUT2D eigenvalue weighted by molar-refractivity contribution is -0.141. The highest BCUT2D eigenvalue weighted by atomic mass is 16.7. The van der Waals surface area contributed by atoms with Gasteiger partial charge in [-0.25, -0.2) is 0 Å². The molecule has 0 saturated carbocycles. The van der Waals surface area contributed by atoms with Crippen LogP contribution >= 0.6 is 0 Å². The molecule has 0 aromatic rings. The lowest BCUT2D eigenvalue weighted by Crippen LogP contribution is -2.17. The van der Waals surface area contributed by atoms with Crippen molar-refractivity contribution in [2.75, 3.05) is 13.2 Å². The maximum atomic E-state index is 5.82. The summed E-state index contributed by atoms with van der Waals surface area (Å²) in [5, 5.41) is 0. The van der Waals surface area contributed by atoms with Crippen molar-refractivity contribution in [2.24, 2.45) is 0 Å². The Balaban J connectivity index is 3.28. The van der Waals surface area contributed by atoms with Crippen molar-refractivity contribution in [1.82, 2.24) is 0 Å². The van der Waals surface area contributed by atoms with Crippen LogP contribution in [0, 0.1) is 6.92 Å². The highest BCUT2D eigenvalue weighted by Gasteiger charge is 2.06. The molecule has 0 aromatic carbocycles. The average Bonchev–Trinajstić information content (AvgIpc) is 2.63. The zero-order valence-electron chi connectivity index (χ0n) is 17.5. The van der Waals surface area contributed by atoms with Gasteiger partial charge in [-0.05, 0) is 26.2 Å². The van der Waals surface area contributed by atoms with Crippen LogP contribution in [0.4, 0.5) is 0 Å². The Morgan fingerprint density at radius 1 is 0.520 bits per heavy atom. The van der Waals surface area contributed by atoms with Crippen LogP contribution < -0.4 is 0 Å². The molecule has 0 aliphatic carbocycles. The summed E-state index contributed by atoms with van der Waals surface area (Å²) in [7, 11) is 0. The largest absolute Gasteiger partial charge is 0.353 e. The number of rotatable bonds is 21. The van der Waals surface area contributed by atoms with E-state index in [1.165, 1.54) is 89.9 Å². The molecule has 0 saturated heterocycles. The molecule has 25 heavy (non-hydrogen) atoms. The van der Waals surface area contributed by atoms with Crippen molar-refractivity contribution in [1.29, 1.82) is 0 Å². The van der Waals surface area contributed by atoms with Gasteiger partial charge >= 0.3 is 0 Å². The normalized spacial score (nSPS) is 11.5. The minimum absolute atomic E-state index is 0.0888. The van der Waals surface area contributed by atoms with E-state index in [1.54, 1.807) is 0 Å². The van der Waals surface area contributed by atoms with Gasteiger partial charge in [-0.2, -0.15) is 0 Å². The van der Waals surface area contributed by atoms with Crippen molar-refractivity contribution in [3.8, 4) is 0 Å². The second-order valence-corrected chi connectivity index (χ2v) is 7.41. The van der Waals surface area contributed by atoms with Crippen LogP contribution in [0.25, 0.3) is 0 Å². The van der Waals surface area contributed by atoms with Gasteiger partial charge in [0, 0.05) is 13.2 Å². The molecule has 2 heteroatoms. The van der Waals surface area contributed by atoms with E-state index in [2.05, 4.69) is 20.8 Å². The number of unbranched alkanes of at least 4 members (excludes halogenated alkanes) is 14. The Labute approximate surface area is 159 Å². The molecule has 0 rings (SSSR count). The minimum Gasteiger partial charge on any atom is -0.353 e. The van der Waals surface area contributed by atoms with Gasteiger partial charge in [0.2, 0.25) is 0 Å². The summed E-state index contributed by atoms with van der Waals surface area (Å²) in [6.45, 7) is 10.1. The van der Waals surface area contributed by atoms with Crippen molar-refractivity contribution >= 4 is 0 Å². The molecule has 151 valence electrons. The Hall–Kier alpha value is -0.0800. The fourth-order valence-corrected chi connectivity index (χ4v) is 3.12. The molecule has 0 unspecified atom stereocenters. The molecule has 0 heterocycles. The van der Waals surface area contributed by atoms with E-state index in [-0.39, 0.29) is 6.29 Å². The molecule has 0 fully saturated rings. The first-order valence-corrected chi connectivity index (χ1v) is 11.4. The molecule has 2 nitrogen and oxygen atoms in total. The number of hydrogen-bond acceptors (Lipinski definition) is 2. The molecule has 0 N–H and O–H groups in total. The SMILES string of the molecule is [CH2]CC(OCCCCCCCCCC)OCCCCCCCCCC. The van der Waals surface area contributed by atoms with E-state index >= 15 is 0 Å². The van der Waals surface area contributed by atoms with E-state index < -0.39 is 0 Å². The zero-order chi connectivity index (χ0) is 18.4. The third-order valence-corrected chi connectivity index (χ3v) is 4.84. The summed E-state index contributed by atoms with van der Waals surface area (Å²) < 4.78 is 11.6. The van der Waals surface area contributed by atoms with Gasteiger partial charge in [0.05, 0.1) is 0 Å². The second-order valence-electron chi connectivity index (χ2n) is 7.41. The minimum atomic E-state index is -0.0888. The summed E-state index contributed by atoms with van der Waals surface area (Å²) in [6.07, 6.45) is 22.0. The first-order valence-electron chi connectivity index (χ1n) is 11.4. The number of hydrogen-bond donors (Lipinski definition) is 0. The third kappa shape index (κ3) is 20.1. The van der Waals surface area contributed by atoms with Crippen LogP contribution in [-0.2, 0) is 9.47 Å². The molecule has 0 amide bonds. The van der Waals surface area contributed by atoms with Crippen LogP contribution in [-0.4, -0.2) is 19.5 Å². The standard InChI is InChI=1S/C23H47O2/c1-4-7-9-11-13-15-17-19-21-24-23(6-3)25-22-20-18-16-14-12-10-8-5-2/h23H,3-22H2,1-2H3. The van der Waals surface area contributed by atoms with Gasteiger partial charge in [-0.15, -0.1) is 0 Å². The van der Waals surface area contributed by atoms with Crippen molar-refractivity contribution < 1.29 is 9.47 Å². The van der Waals surface area contributed by atoms with Crippen molar-refractivity contribution in [2.45, 2.75) is 129 Å². The van der Waals surface area contributed by atoms with E-state index in [1.807, 2.05) is 0 Å². The smallest absolute Gasteiger partial charge is 0.157 e. The van der Waals surface area contributed by atoms with Gasteiger partial charge in [0.1, 0.15) is 0 Å². The summed E-state index contributed by atoms with van der Waals surface area (Å²) in [5.74, 6) is 0. The highest BCUT2D eigenvalue weighted by Crippen LogP contribution is 2.11. The Morgan fingerprint density at radius 2 is 0.840 bits per heavy atom.